The van der Waals surface area contributed by atoms with E-state index < -0.39 is 9.85 Å². The van der Waals surface area contributed by atoms with E-state index in [1.54, 1.807) is 6.07 Å². The lowest BCUT2D eigenvalue weighted by Crippen LogP contribution is -2.20. The second kappa shape index (κ2) is 9.21. The highest BCUT2D eigenvalue weighted by Crippen LogP contribution is 2.24. The Morgan fingerprint density at radius 3 is 1.96 bits per heavy atom. The molecule has 0 amide bonds. The lowest BCUT2D eigenvalue weighted by atomic mass is 10.2. The number of nitrogens with zero attached hydrogens (tertiary/aromatic N) is 7. The van der Waals surface area contributed by atoms with Gasteiger partial charge in [0, 0.05) is 25.2 Å². The number of hydrogen-bond donors (Lipinski definition) is 0. The highest BCUT2D eigenvalue weighted by molar-refractivity contribution is 6.30. The van der Waals surface area contributed by atoms with Crippen molar-refractivity contribution in [2.45, 2.75) is 12.8 Å². The molecule has 0 atom stereocenters. The smallest absolute Gasteiger partial charge is 0.289 e. The van der Waals surface area contributed by atoms with Crippen LogP contribution in [-0.4, -0.2) is 32.9 Å². The van der Waals surface area contributed by atoms with Crippen LogP contribution in [0, 0.1) is 42.9 Å². The highest BCUT2D eigenvalue weighted by Gasteiger charge is 2.19. The maximum absolute atomic E-state index is 10.5. The normalized spacial score (nSPS) is 12.3. The molecule has 0 unspecified atom stereocenters. The molecular weight excluding hydrogens is 390 g/mol. The first-order valence-electron chi connectivity index (χ1n) is 7.87. The molecule has 1 fully saturated rings. The molecule has 1 aliphatic rings. The third-order valence-electron chi connectivity index (χ3n) is 3.75. The van der Waals surface area contributed by atoms with E-state index in [-0.39, 0.29) is 27.7 Å². The maximum Gasteiger partial charge on any atom is 0.289 e. The Morgan fingerprint density at radius 1 is 0.964 bits per heavy atom. The van der Waals surface area contributed by atoms with Gasteiger partial charge in [0.15, 0.2) is 0 Å². The second-order valence-electron chi connectivity index (χ2n) is 5.53. The van der Waals surface area contributed by atoms with E-state index in [2.05, 4.69) is 9.97 Å². The van der Waals surface area contributed by atoms with Gasteiger partial charge in [-0.3, -0.25) is 20.2 Å². The standard InChI is InChI=1S/C10H10N4O2.C6H2ClN3O2/c11-6-8-5-9(14(15)16)7-12-10(8)13-3-1-2-4-13;7-6-4(2-8)1-5(3-9-6)10(11)12/h5,7H,1-4H2;1,3H. The van der Waals surface area contributed by atoms with Gasteiger partial charge in [-0.1, -0.05) is 11.6 Å². The van der Waals surface area contributed by atoms with Crippen molar-refractivity contribution in [3.05, 3.63) is 61.0 Å². The van der Waals surface area contributed by atoms with Crippen LogP contribution in [0.3, 0.4) is 0 Å². The molecule has 0 radical (unpaired) electrons. The first-order chi connectivity index (χ1) is 13.4. The minimum Gasteiger partial charge on any atom is -0.356 e. The fourth-order valence-electron chi connectivity index (χ4n) is 2.42. The Balaban J connectivity index is 0.000000209. The summed E-state index contributed by atoms with van der Waals surface area (Å²) >= 11 is 5.44. The lowest BCUT2D eigenvalue weighted by Gasteiger charge is -2.16. The van der Waals surface area contributed by atoms with Gasteiger partial charge in [0.2, 0.25) is 0 Å². The molecule has 3 heterocycles. The van der Waals surface area contributed by atoms with Crippen LogP contribution in [-0.2, 0) is 0 Å². The number of halogens is 1. The molecule has 0 saturated carbocycles. The molecule has 12 heteroatoms. The van der Waals surface area contributed by atoms with Crippen LogP contribution in [0.2, 0.25) is 5.15 Å². The lowest BCUT2D eigenvalue weighted by molar-refractivity contribution is -0.385. The summed E-state index contributed by atoms with van der Waals surface area (Å²) in [5, 5.41) is 38.1. The van der Waals surface area contributed by atoms with Gasteiger partial charge >= 0.3 is 0 Å². The van der Waals surface area contributed by atoms with Crippen molar-refractivity contribution in [1.29, 1.82) is 10.5 Å². The topological polar surface area (TPSA) is 163 Å². The number of anilines is 1. The molecule has 1 saturated heterocycles. The van der Waals surface area contributed by atoms with Gasteiger partial charge in [-0.15, -0.1) is 0 Å². The molecule has 1 aliphatic heterocycles. The fraction of sp³-hybridized carbons (Fsp3) is 0.250. The summed E-state index contributed by atoms with van der Waals surface area (Å²) in [6.45, 7) is 1.72. The Kier molecular flexibility index (Phi) is 6.73. The molecule has 142 valence electrons. The number of hydrogen-bond acceptors (Lipinski definition) is 9. The van der Waals surface area contributed by atoms with Gasteiger partial charge in [-0.05, 0) is 12.8 Å². The predicted octanol–water partition coefficient (Wildman–Crippen LogP) is 2.98. The molecule has 11 nitrogen and oxygen atoms in total. The first-order valence-corrected chi connectivity index (χ1v) is 8.24. The first kappa shape index (κ1) is 20.5. The quantitative estimate of drug-likeness (QED) is 0.427. The molecule has 2 aromatic heterocycles. The monoisotopic (exact) mass is 401 g/mol. The summed E-state index contributed by atoms with van der Waals surface area (Å²) in [6, 6.07) is 6.01. The van der Waals surface area contributed by atoms with Crippen molar-refractivity contribution in [1.82, 2.24) is 9.97 Å². The Bertz CT molecular complexity index is 993. The van der Waals surface area contributed by atoms with Gasteiger partial charge in [-0.2, -0.15) is 10.5 Å². The van der Waals surface area contributed by atoms with Crippen LogP contribution in [0.4, 0.5) is 17.2 Å². The van der Waals surface area contributed by atoms with Crippen LogP contribution in [0.15, 0.2) is 24.5 Å². The van der Waals surface area contributed by atoms with Crippen molar-refractivity contribution in [2.24, 2.45) is 0 Å². The van der Waals surface area contributed by atoms with Crippen LogP contribution < -0.4 is 4.90 Å². The average Bonchev–Trinajstić information content (AvgIpc) is 3.22. The van der Waals surface area contributed by atoms with Crippen molar-refractivity contribution >= 4 is 28.8 Å². The van der Waals surface area contributed by atoms with Gasteiger partial charge in [0.25, 0.3) is 11.4 Å². The summed E-state index contributed by atoms with van der Waals surface area (Å²) in [7, 11) is 0. The van der Waals surface area contributed by atoms with E-state index in [4.69, 9.17) is 22.1 Å². The highest BCUT2D eigenvalue weighted by atomic mass is 35.5. The summed E-state index contributed by atoms with van der Waals surface area (Å²) < 4.78 is 0. The van der Waals surface area contributed by atoms with Gasteiger partial charge in [-0.25, -0.2) is 9.97 Å². The number of aromatic nitrogens is 2. The Hall–Kier alpha value is -3.83. The van der Waals surface area contributed by atoms with E-state index in [1.165, 1.54) is 12.3 Å². The number of pyridine rings is 2. The molecule has 0 aromatic carbocycles. The van der Waals surface area contributed by atoms with E-state index in [0.29, 0.717) is 5.82 Å². The second-order valence-corrected chi connectivity index (χ2v) is 5.89. The van der Waals surface area contributed by atoms with E-state index in [9.17, 15) is 20.2 Å². The van der Waals surface area contributed by atoms with Crippen LogP contribution >= 0.6 is 11.6 Å². The molecule has 28 heavy (non-hydrogen) atoms. The minimum atomic E-state index is -0.635. The zero-order chi connectivity index (χ0) is 20.7. The number of nitro groups is 2. The van der Waals surface area contributed by atoms with Crippen molar-refractivity contribution in [3.8, 4) is 12.1 Å². The zero-order valence-electron chi connectivity index (χ0n) is 14.3. The van der Waals surface area contributed by atoms with Crippen molar-refractivity contribution in [3.63, 3.8) is 0 Å². The van der Waals surface area contributed by atoms with Crippen LogP contribution in [0.5, 0.6) is 0 Å². The van der Waals surface area contributed by atoms with Gasteiger partial charge in [0.05, 0.1) is 15.4 Å². The molecule has 0 N–H and O–H groups in total. The molecule has 3 rings (SSSR count). The molecule has 0 aliphatic carbocycles. The number of nitriles is 2. The summed E-state index contributed by atoms with van der Waals surface area (Å²) in [5.74, 6) is 0.561. The zero-order valence-corrected chi connectivity index (χ0v) is 15.0. The predicted molar refractivity (Wildman–Crippen MR) is 97.7 cm³/mol. The van der Waals surface area contributed by atoms with Crippen LogP contribution in [0.25, 0.3) is 0 Å². The maximum atomic E-state index is 10.5. The van der Waals surface area contributed by atoms with Crippen molar-refractivity contribution in [2.75, 3.05) is 18.0 Å². The fourth-order valence-corrected chi connectivity index (χ4v) is 2.57. The SMILES string of the molecule is N#Cc1cc([N+](=O)[O-])cnc1Cl.N#Cc1cc([N+](=O)[O-])cnc1N1CCCC1. The summed E-state index contributed by atoms with van der Waals surface area (Å²) in [4.78, 5) is 29.0. The van der Waals surface area contributed by atoms with E-state index in [1.807, 2.05) is 11.0 Å². The average molecular weight is 402 g/mol. The Labute approximate surface area is 163 Å². The molecule has 0 spiro atoms. The van der Waals surface area contributed by atoms with Gasteiger partial charge in [0.1, 0.15) is 41.1 Å². The number of rotatable bonds is 3. The third-order valence-corrected chi connectivity index (χ3v) is 4.05. The minimum absolute atomic E-state index is 0.00543. The van der Waals surface area contributed by atoms with Crippen molar-refractivity contribution < 1.29 is 9.85 Å². The summed E-state index contributed by atoms with van der Waals surface area (Å²) in [6.07, 6.45) is 4.35. The summed E-state index contributed by atoms with van der Waals surface area (Å²) in [5.41, 5.74) is -0.0996. The van der Waals surface area contributed by atoms with Gasteiger partial charge < -0.3 is 4.90 Å². The molecule has 0 bridgehead atoms. The molecular formula is C16H12ClN7O4. The molecule has 2 aromatic rings. The van der Waals surface area contributed by atoms with E-state index in [0.717, 1.165) is 38.2 Å². The van der Waals surface area contributed by atoms with Crippen LogP contribution in [0.1, 0.15) is 24.0 Å². The third kappa shape index (κ3) is 4.87. The largest absolute Gasteiger partial charge is 0.356 e. The Morgan fingerprint density at radius 2 is 1.46 bits per heavy atom. The van der Waals surface area contributed by atoms with E-state index >= 15 is 0 Å².